The molecule has 1 aromatic carbocycles. The zero-order valence-electron chi connectivity index (χ0n) is 19.9. The van der Waals surface area contributed by atoms with Crippen LogP contribution in [-0.2, 0) is 12.6 Å². The molecule has 12 heteroatoms. The Morgan fingerprint density at radius 2 is 1.95 bits per heavy atom. The summed E-state index contributed by atoms with van der Waals surface area (Å²) in [6, 6.07) is 5.47. The third-order valence-electron chi connectivity index (χ3n) is 6.18. The number of fused-ring (bicyclic) bond motifs is 3. The van der Waals surface area contributed by atoms with Crippen LogP contribution in [0, 0.1) is 5.82 Å². The van der Waals surface area contributed by atoms with Crippen molar-refractivity contribution < 1.29 is 17.6 Å². The van der Waals surface area contributed by atoms with Crippen molar-refractivity contribution in [3.05, 3.63) is 84.3 Å². The standard InChI is InChI=1S/C26H20F4N8/c1-2-32-19-10-16(27)9-17-22-24(38-6-3-20(37-38)26(28,29)30)18(13-35-25(22)36-23(17)19)15-7-14(11-31-12-15)8-21-33-4-5-34-21/h3-7,9-13,32H,2,8H2,1H3,(H,33,34)(H,35,36). The van der Waals surface area contributed by atoms with Crippen molar-refractivity contribution in [3.8, 4) is 16.8 Å². The molecule has 0 aliphatic heterocycles. The molecular weight excluding hydrogens is 500 g/mol. The Balaban J connectivity index is 1.63. The van der Waals surface area contributed by atoms with Crippen LogP contribution in [0.4, 0.5) is 23.2 Å². The number of nitrogens with one attached hydrogen (secondary N) is 3. The normalized spacial score (nSPS) is 12.0. The summed E-state index contributed by atoms with van der Waals surface area (Å²) in [7, 11) is 0. The highest BCUT2D eigenvalue weighted by molar-refractivity contribution is 6.15. The predicted octanol–water partition coefficient (Wildman–Crippen LogP) is 5.87. The summed E-state index contributed by atoms with van der Waals surface area (Å²) in [5.41, 5.74) is 2.69. The van der Waals surface area contributed by atoms with Crippen LogP contribution in [0.2, 0.25) is 0 Å². The fourth-order valence-corrected chi connectivity index (χ4v) is 4.61. The first-order chi connectivity index (χ1) is 18.3. The van der Waals surface area contributed by atoms with Crippen LogP contribution in [0.5, 0.6) is 0 Å². The molecule has 3 N–H and O–H groups in total. The fourth-order valence-electron chi connectivity index (χ4n) is 4.61. The highest BCUT2D eigenvalue weighted by Crippen LogP contribution is 2.39. The first-order valence-corrected chi connectivity index (χ1v) is 11.8. The molecule has 6 rings (SSSR count). The van der Waals surface area contributed by atoms with Gasteiger partial charge in [-0.3, -0.25) is 4.98 Å². The van der Waals surface area contributed by atoms with E-state index in [-0.39, 0.29) is 0 Å². The molecule has 192 valence electrons. The molecule has 0 radical (unpaired) electrons. The molecule has 0 saturated heterocycles. The minimum absolute atomic E-state index is 0.321. The molecule has 0 atom stereocenters. The number of pyridine rings is 2. The minimum Gasteiger partial charge on any atom is -0.384 e. The van der Waals surface area contributed by atoms with E-state index in [1.807, 2.05) is 13.0 Å². The average molecular weight is 520 g/mol. The molecule has 6 aromatic rings. The van der Waals surface area contributed by atoms with Gasteiger partial charge in [-0.05, 0) is 36.8 Å². The van der Waals surface area contributed by atoms with E-state index in [9.17, 15) is 17.6 Å². The van der Waals surface area contributed by atoms with E-state index < -0.39 is 17.7 Å². The lowest BCUT2D eigenvalue weighted by molar-refractivity contribution is -0.141. The zero-order valence-corrected chi connectivity index (χ0v) is 19.9. The fraction of sp³-hybridized carbons (Fsp3) is 0.154. The van der Waals surface area contributed by atoms with Gasteiger partial charge < -0.3 is 15.3 Å². The van der Waals surface area contributed by atoms with Crippen LogP contribution >= 0.6 is 0 Å². The van der Waals surface area contributed by atoms with Crippen LogP contribution in [-0.4, -0.2) is 41.2 Å². The van der Waals surface area contributed by atoms with Gasteiger partial charge in [0.25, 0.3) is 0 Å². The molecule has 0 aliphatic carbocycles. The second kappa shape index (κ2) is 8.98. The van der Waals surface area contributed by atoms with Crippen molar-refractivity contribution in [2.75, 3.05) is 11.9 Å². The Kier molecular flexibility index (Phi) is 5.59. The molecule has 0 bridgehead atoms. The Labute approximate surface area is 212 Å². The van der Waals surface area contributed by atoms with Gasteiger partial charge in [0.1, 0.15) is 17.3 Å². The van der Waals surface area contributed by atoms with Gasteiger partial charge in [0, 0.05) is 66.7 Å². The van der Waals surface area contributed by atoms with Gasteiger partial charge in [-0.25, -0.2) is 19.0 Å². The molecule has 38 heavy (non-hydrogen) atoms. The number of imidazole rings is 1. The summed E-state index contributed by atoms with van der Waals surface area (Å²) in [4.78, 5) is 19.4. The van der Waals surface area contributed by atoms with Crippen LogP contribution in [0.3, 0.4) is 0 Å². The average Bonchev–Trinajstić information content (AvgIpc) is 3.64. The lowest BCUT2D eigenvalue weighted by Crippen LogP contribution is -2.08. The summed E-state index contributed by atoms with van der Waals surface area (Å²) < 4.78 is 56.4. The van der Waals surface area contributed by atoms with Crippen molar-refractivity contribution in [3.63, 3.8) is 0 Å². The maximum absolute atomic E-state index is 14.7. The number of hydrogen-bond donors (Lipinski definition) is 3. The lowest BCUT2D eigenvalue weighted by Gasteiger charge is -2.13. The Morgan fingerprint density at radius 1 is 1.08 bits per heavy atom. The first-order valence-electron chi connectivity index (χ1n) is 11.8. The number of rotatable bonds is 6. The van der Waals surface area contributed by atoms with Crippen molar-refractivity contribution in [2.45, 2.75) is 19.5 Å². The van der Waals surface area contributed by atoms with E-state index in [1.165, 1.54) is 18.3 Å². The predicted molar refractivity (Wildman–Crippen MR) is 134 cm³/mol. The van der Waals surface area contributed by atoms with E-state index in [1.54, 1.807) is 31.0 Å². The smallest absolute Gasteiger partial charge is 0.384 e. The summed E-state index contributed by atoms with van der Waals surface area (Å²) in [6.45, 7) is 2.42. The quantitative estimate of drug-likeness (QED) is 0.239. The van der Waals surface area contributed by atoms with Gasteiger partial charge in [-0.1, -0.05) is 0 Å². The Bertz CT molecular complexity index is 1770. The monoisotopic (exact) mass is 520 g/mol. The molecule has 5 aromatic heterocycles. The lowest BCUT2D eigenvalue weighted by atomic mass is 10.0. The molecule has 0 unspecified atom stereocenters. The number of benzene rings is 1. The topological polar surface area (TPSA) is 100 Å². The van der Waals surface area contributed by atoms with Gasteiger partial charge in [0.05, 0.1) is 22.3 Å². The van der Waals surface area contributed by atoms with Crippen LogP contribution in [0.1, 0.15) is 24.0 Å². The van der Waals surface area contributed by atoms with E-state index in [0.717, 1.165) is 22.1 Å². The zero-order chi connectivity index (χ0) is 26.4. The number of aromatic amines is 2. The third kappa shape index (κ3) is 4.13. The van der Waals surface area contributed by atoms with E-state index in [4.69, 9.17) is 0 Å². The third-order valence-corrected chi connectivity index (χ3v) is 6.18. The van der Waals surface area contributed by atoms with Crippen molar-refractivity contribution >= 4 is 27.6 Å². The van der Waals surface area contributed by atoms with Crippen molar-refractivity contribution in [1.82, 2.24) is 34.7 Å². The number of aromatic nitrogens is 7. The number of halogens is 4. The first kappa shape index (κ1) is 23.6. The van der Waals surface area contributed by atoms with Gasteiger partial charge in [-0.2, -0.15) is 18.3 Å². The van der Waals surface area contributed by atoms with Crippen LogP contribution < -0.4 is 5.32 Å². The molecule has 0 spiro atoms. The molecule has 8 nitrogen and oxygen atoms in total. The summed E-state index contributed by atoms with van der Waals surface area (Å²) in [5.74, 6) is 0.243. The maximum Gasteiger partial charge on any atom is 0.435 e. The van der Waals surface area contributed by atoms with E-state index >= 15 is 0 Å². The van der Waals surface area contributed by atoms with Gasteiger partial charge in [0.2, 0.25) is 0 Å². The Morgan fingerprint density at radius 3 is 2.68 bits per heavy atom. The molecular formula is C26H20F4N8. The SMILES string of the molecule is CCNc1cc(F)cc2c1[nH]c1ncc(-c3cncc(Cc4ncc[nH]4)c3)c(-n3ccc(C(F)(F)F)n3)c12. The Hall–Kier alpha value is -4.74. The number of alkyl halides is 3. The molecule has 0 saturated carbocycles. The second-order valence-electron chi connectivity index (χ2n) is 8.71. The minimum atomic E-state index is -4.63. The van der Waals surface area contributed by atoms with E-state index in [2.05, 4.69) is 35.3 Å². The number of H-pyrrole nitrogens is 2. The van der Waals surface area contributed by atoms with E-state index in [0.29, 0.717) is 57.4 Å². The molecule has 0 aliphatic rings. The highest BCUT2D eigenvalue weighted by Gasteiger charge is 2.34. The van der Waals surface area contributed by atoms with Crippen molar-refractivity contribution in [1.29, 1.82) is 0 Å². The van der Waals surface area contributed by atoms with Crippen LogP contribution in [0.25, 0.3) is 38.8 Å². The number of hydrogen-bond acceptors (Lipinski definition) is 5. The molecule has 0 amide bonds. The summed E-state index contributed by atoms with van der Waals surface area (Å²) >= 11 is 0. The second-order valence-corrected chi connectivity index (χ2v) is 8.71. The largest absolute Gasteiger partial charge is 0.435 e. The van der Waals surface area contributed by atoms with Crippen LogP contribution in [0.15, 0.2) is 61.4 Å². The summed E-state index contributed by atoms with van der Waals surface area (Å²) in [5, 5.41) is 7.86. The number of nitrogens with zero attached hydrogens (tertiary/aromatic N) is 5. The van der Waals surface area contributed by atoms with Gasteiger partial charge in [0.15, 0.2) is 5.69 Å². The highest BCUT2D eigenvalue weighted by atomic mass is 19.4. The van der Waals surface area contributed by atoms with Gasteiger partial charge in [-0.15, -0.1) is 0 Å². The maximum atomic E-state index is 14.7. The number of anilines is 1. The molecule has 0 fully saturated rings. The van der Waals surface area contributed by atoms with Crippen molar-refractivity contribution in [2.24, 2.45) is 0 Å². The molecule has 5 heterocycles. The van der Waals surface area contributed by atoms with Gasteiger partial charge >= 0.3 is 6.18 Å². The summed E-state index contributed by atoms with van der Waals surface area (Å²) in [6.07, 6.45) is 5.30.